The van der Waals surface area contributed by atoms with E-state index in [1.54, 1.807) is 29.2 Å². The molecule has 7 heteroatoms. The van der Waals surface area contributed by atoms with Crippen molar-refractivity contribution in [2.24, 2.45) is 0 Å². The molecule has 3 aromatic rings. The van der Waals surface area contributed by atoms with Gasteiger partial charge in [-0.1, -0.05) is 60.1 Å². The predicted octanol–water partition coefficient (Wildman–Crippen LogP) is 5.42. The molecule has 1 saturated heterocycles. The van der Waals surface area contributed by atoms with Crippen LogP contribution in [0.15, 0.2) is 72.8 Å². The Morgan fingerprint density at radius 2 is 1.94 bits per heavy atom. The smallest absolute Gasteiger partial charge is 0.318 e. The van der Waals surface area contributed by atoms with E-state index in [0.717, 1.165) is 11.1 Å². The number of nitrogens with one attached hydrogen (secondary N) is 2. The average molecular weight is 464 g/mol. The number of nitrogens with zero attached hydrogens (tertiary/aromatic N) is 1. The summed E-state index contributed by atoms with van der Waals surface area (Å²) in [6, 6.07) is 20.1. The first-order valence-electron chi connectivity index (χ1n) is 10.9. The minimum Gasteiger partial charge on any atom is -0.334 e. The van der Waals surface area contributed by atoms with Crippen molar-refractivity contribution >= 4 is 29.2 Å². The quantitative estimate of drug-likeness (QED) is 0.545. The lowest BCUT2D eigenvalue weighted by Gasteiger charge is -2.47. The summed E-state index contributed by atoms with van der Waals surface area (Å²) in [5.41, 5.74) is 1.95. The molecule has 0 bridgehead atoms. The fraction of sp³-hybridized carbons (Fsp3) is 0.231. The van der Waals surface area contributed by atoms with Crippen LogP contribution >= 0.6 is 11.6 Å². The van der Waals surface area contributed by atoms with Crippen molar-refractivity contribution in [3.63, 3.8) is 0 Å². The number of benzene rings is 3. The number of carbonyl (C=O) groups is 2. The second-order valence-corrected chi connectivity index (χ2v) is 8.95. The zero-order valence-electron chi connectivity index (χ0n) is 17.9. The van der Waals surface area contributed by atoms with Gasteiger partial charge in [-0.3, -0.25) is 4.79 Å². The number of rotatable bonds is 3. The molecule has 0 unspecified atom stereocenters. The van der Waals surface area contributed by atoms with Crippen molar-refractivity contribution in [2.45, 2.75) is 30.8 Å². The third-order valence-electron chi connectivity index (χ3n) is 6.58. The van der Waals surface area contributed by atoms with Crippen molar-refractivity contribution in [1.29, 1.82) is 0 Å². The number of hydrogen-bond donors (Lipinski definition) is 2. The van der Waals surface area contributed by atoms with Gasteiger partial charge in [0.25, 0.3) is 0 Å². The zero-order chi connectivity index (χ0) is 23.0. The van der Waals surface area contributed by atoms with Gasteiger partial charge in [0.15, 0.2) is 0 Å². The van der Waals surface area contributed by atoms with Crippen molar-refractivity contribution in [3.8, 4) is 0 Å². The predicted molar refractivity (Wildman–Crippen MR) is 126 cm³/mol. The van der Waals surface area contributed by atoms with E-state index in [2.05, 4.69) is 10.6 Å². The molecule has 2 aliphatic rings. The molecule has 2 heterocycles. The summed E-state index contributed by atoms with van der Waals surface area (Å²) in [5, 5.41) is 6.45. The van der Waals surface area contributed by atoms with Crippen LogP contribution in [-0.2, 0) is 16.8 Å². The van der Waals surface area contributed by atoms with Gasteiger partial charge < -0.3 is 15.5 Å². The van der Waals surface area contributed by atoms with Gasteiger partial charge in [-0.05, 0) is 53.8 Å². The first-order valence-corrected chi connectivity index (χ1v) is 11.3. The maximum Gasteiger partial charge on any atom is 0.318 e. The molecule has 2 N–H and O–H groups in total. The number of carbonyl (C=O) groups excluding carboxylic acids is 2. The van der Waals surface area contributed by atoms with Crippen molar-refractivity contribution in [1.82, 2.24) is 10.2 Å². The number of likely N-dealkylation sites (tertiary alicyclic amines) is 1. The fourth-order valence-electron chi connectivity index (χ4n) is 5.18. The summed E-state index contributed by atoms with van der Waals surface area (Å²) in [4.78, 5) is 28.6. The number of hydrogen-bond acceptors (Lipinski definition) is 2. The largest absolute Gasteiger partial charge is 0.334 e. The fourth-order valence-corrected chi connectivity index (χ4v) is 5.35. The highest BCUT2D eigenvalue weighted by Gasteiger charge is 2.57. The molecule has 3 amide bonds. The Morgan fingerprint density at radius 3 is 2.73 bits per heavy atom. The molecule has 1 fully saturated rings. The summed E-state index contributed by atoms with van der Waals surface area (Å²) in [7, 11) is 0. The van der Waals surface area contributed by atoms with E-state index in [-0.39, 0.29) is 11.9 Å². The molecule has 168 valence electrons. The molecule has 2 aliphatic heterocycles. The van der Waals surface area contributed by atoms with Crippen LogP contribution in [0.2, 0.25) is 5.02 Å². The summed E-state index contributed by atoms with van der Waals surface area (Å²) < 4.78 is 14.3. The Labute approximate surface area is 196 Å². The minimum absolute atomic E-state index is 0.199. The Kier molecular flexibility index (Phi) is 5.54. The summed E-state index contributed by atoms with van der Waals surface area (Å²) in [6.45, 7) is 0.817. The molecule has 0 saturated carbocycles. The van der Waals surface area contributed by atoms with Gasteiger partial charge >= 0.3 is 6.03 Å². The Morgan fingerprint density at radius 1 is 1.12 bits per heavy atom. The molecule has 3 aromatic carbocycles. The number of piperidine rings is 1. The van der Waals surface area contributed by atoms with Gasteiger partial charge in [-0.2, -0.15) is 0 Å². The normalized spacial score (nSPS) is 21.6. The molecule has 2 atom stereocenters. The van der Waals surface area contributed by atoms with Gasteiger partial charge in [0.2, 0.25) is 5.91 Å². The van der Waals surface area contributed by atoms with E-state index < -0.39 is 17.3 Å². The highest BCUT2D eigenvalue weighted by molar-refractivity contribution is 6.31. The average Bonchev–Trinajstić information content (AvgIpc) is 3.08. The van der Waals surface area contributed by atoms with E-state index >= 15 is 0 Å². The standard InChI is InChI=1S/C26H23ClFN3O2/c27-19-10-11-21-22(15-19)30-24(32)26(21)12-5-13-31(23(26)18-8-4-9-20(28)14-18)25(33)29-16-17-6-2-1-3-7-17/h1-4,6-11,14-15,23H,5,12-13,16H2,(H,29,33)(H,30,32)/t23-,26-/m1/s1. The van der Waals surface area contributed by atoms with Gasteiger partial charge in [-0.15, -0.1) is 0 Å². The second kappa shape index (κ2) is 8.52. The van der Waals surface area contributed by atoms with Crippen LogP contribution in [0.3, 0.4) is 0 Å². The van der Waals surface area contributed by atoms with Gasteiger partial charge in [0.05, 0.1) is 6.04 Å². The Bertz CT molecular complexity index is 1220. The zero-order valence-corrected chi connectivity index (χ0v) is 18.6. The number of halogens is 2. The first kappa shape index (κ1) is 21.5. The van der Waals surface area contributed by atoms with Crippen LogP contribution in [-0.4, -0.2) is 23.4 Å². The molecule has 5 rings (SSSR count). The number of amides is 3. The molecule has 0 aromatic heterocycles. The molecular weight excluding hydrogens is 441 g/mol. The van der Waals surface area contributed by atoms with Gasteiger partial charge in [0.1, 0.15) is 11.2 Å². The topological polar surface area (TPSA) is 61.4 Å². The first-order chi connectivity index (χ1) is 16.0. The maximum absolute atomic E-state index is 14.3. The van der Waals surface area contributed by atoms with Crippen LogP contribution in [0.4, 0.5) is 14.9 Å². The van der Waals surface area contributed by atoms with E-state index in [9.17, 15) is 14.0 Å². The lowest BCUT2D eigenvalue weighted by Crippen LogP contribution is -2.56. The van der Waals surface area contributed by atoms with E-state index in [4.69, 9.17) is 11.6 Å². The third-order valence-corrected chi connectivity index (χ3v) is 6.81. The van der Waals surface area contributed by atoms with E-state index in [1.807, 2.05) is 36.4 Å². The third kappa shape index (κ3) is 3.74. The summed E-state index contributed by atoms with van der Waals surface area (Å²) in [6.07, 6.45) is 1.18. The molecule has 33 heavy (non-hydrogen) atoms. The highest BCUT2D eigenvalue weighted by Crippen LogP contribution is 2.54. The van der Waals surface area contributed by atoms with Crippen molar-refractivity contribution in [2.75, 3.05) is 11.9 Å². The highest BCUT2D eigenvalue weighted by atomic mass is 35.5. The van der Waals surface area contributed by atoms with Gasteiger partial charge in [-0.25, -0.2) is 9.18 Å². The van der Waals surface area contributed by atoms with Crippen molar-refractivity contribution in [3.05, 3.63) is 100 Å². The summed E-state index contributed by atoms with van der Waals surface area (Å²) >= 11 is 6.18. The van der Waals surface area contributed by atoms with Crippen LogP contribution < -0.4 is 10.6 Å². The lowest BCUT2D eigenvalue weighted by atomic mass is 9.67. The Hall–Kier alpha value is -3.38. The van der Waals surface area contributed by atoms with Crippen molar-refractivity contribution < 1.29 is 14.0 Å². The lowest BCUT2D eigenvalue weighted by molar-refractivity contribution is -0.124. The Balaban J connectivity index is 1.57. The van der Waals surface area contributed by atoms with Crippen LogP contribution in [0.25, 0.3) is 0 Å². The van der Waals surface area contributed by atoms with Crippen LogP contribution in [0.5, 0.6) is 0 Å². The second-order valence-electron chi connectivity index (χ2n) is 8.51. The number of anilines is 1. The maximum atomic E-state index is 14.3. The minimum atomic E-state index is -1.03. The molecule has 1 spiro atoms. The van der Waals surface area contributed by atoms with E-state index in [1.165, 1.54) is 12.1 Å². The summed E-state index contributed by atoms with van der Waals surface area (Å²) in [5.74, 6) is -0.609. The van der Waals surface area contributed by atoms with Gasteiger partial charge in [0, 0.05) is 23.8 Å². The number of fused-ring (bicyclic) bond motifs is 2. The number of urea groups is 1. The monoisotopic (exact) mass is 463 g/mol. The molecule has 0 aliphatic carbocycles. The molecule has 0 radical (unpaired) electrons. The molecule has 5 nitrogen and oxygen atoms in total. The van der Waals surface area contributed by atoms with Crippen LogP contribution in [0.1, 0.15) is 35.6 Å². The SMILES string of the molecule is O=C(NCc1ccccc1)N1CCC[C@]2(C(=O)Nc3cc(Cl)ccc32)[C@H]1c1cccc(F)c1. The molecular formula is C26H23ClFN3O2. The van der Waals surface area contributed by atoms with E-state index in [0.29, 0.717) is 42.2 Å². The van der Waals surface area contributed by atoms with Crippen LogP contribution in [0, 0.1) is 5.82 Å².